The Morgan fingerprint density at radius 1 is 1.11 bits per heavy atom. The van der Waals surface area contributed by atoms with Crippen molar-refractivity contribution in [1.29, 1.82) is 0 Å². The first-order chi connectivity index (χ1) is 8.97. The van der Waals surface area contributed by atoms with Gasteiger partial charge in [0.1, 0.15) is 5.75 Å². The Morgan fingerprint density at radius 3 is 2.42 bits per heavy atom. The van der Waals surface area contributed by atoms with Crippen LogP contribution >= 0.6 is 0 Å². The van der Waals surface area contributed by atoms with Gasteiger partial charge in [-0.15, -0.1) is 0 Å². The second-order valence-corrected chi connectivity index (χ2v) is 4.12. The van der Waals surface area contributed by atoms with Crippen LogP contribution in [0.15, 0.2) is 36.4 Å². The third kappa shape index (κ3) is 2.82. The van der Waals surface area contributed by atoms with E-state index >= 15 is 0 Å². The summed E-state index contributed by atoms with van der Waals surface area (Å²) in [6.07, 6.45) is 0. The maximum absolute atomic E-state index is 13.1. The van der Waals surface area contributed by atoms with Crippen molar-refractivity contribution in [2.24, 2.45) is 0 Å². The molecule has 0 radical (unpaired) electrons. The number of aromatic hydroxyl groups is 2. The highest BCUT2D eigenvalue weighted by atomic mass is 19.1. The monoisotopic (exact) mass is 261 g/mol. The lowest BCUT2D eigenvalue weighted by Gasteiger charge is -2.07. The first kappa shape index (κ1) is 12.9. The minimum atomic E-state index is -0.806. The predicted octanol–water partition coefficient (Wildman–Crippen LogP) is 2.80. The van der Waals surface area contributed by atoms with Crippen LogP contribution in [0.1, 0.15) is 15.9 Å². The summed E-state index contributed by atoms with van der Waals surface area (Å²) in [6.45, 7) is 1.67. The van der Waals surface area contributed by atoms with Crippen LogP contribution in [-0.2, 0) is 0 Å². The summed E-state index contributed by atoms with van der Waals surface area (Å²) >= 11 is 0. The number of nitrogens with one attached hydrogen (secondary N) is 1. The molecule has 2 aromatic rings. The molecule has 98 valence electrons. The minimum absolute atomic E-state index is 0.104. The highest BCUT2D eigenvalue weighted by Gasteiger charge is 2.09. The Morgan fingerprint density at radius 2 is 1.79 bits per heavy atom. The zero-order valence-electron chi connectivity index (χ0n) is 10.1. The molecule has 0 saturated heterocycles. The summed E-state index contributed by atoms with van der Waals surface area (Å²) in [5, 5.41) is 20.9. The molecule has 0 bridgehead atoms. The average molecular weight is 261 g/mol. The van der Waals surface area contributed by atoms with Gasteiger partial charge in [0.2, 0.25) is 0 Å². The quantitative estimate of drug-likeness (QED) is 0.728. The van der Waals surface area contributed by atoms with E-state index in [1.54, 1.807) is 6.92 Å². The second-order valence-electron chi connectivity index (χ2n) is 4.12. The van der Waals surface area contributed by atoms with Crippen LogP contribution < -0.4 is 5.32 Å². The molecule has 0 aromatic heterocycles. The van der Waals surface area contributed by atoms with Gasteiger partial charge in [-0.2, -0.15) is 0 Å². The number of amides is 1. The number of hydrogen-bond donors (Lipinski definition) is 3. The van der Waals surface area contributed by atoms with Gasteiger partial charge in [0.15, 0.2) is 11.6 Å². The first-order valence-corrected chi connectivity index (χ1v) is 5.57. The van der Waals surface area contributed by atoms with E-state index in [-0.39, 0.29) is 11.4 Å². The van der Waals surface area contributed by atoms with E-state index in [0.29, 0.717) is 11.1 Å². The smallest absolute Gasteiger partial charge is 0.255 e. The molecule has 1 amide bonds. The van der Waals surface area contributed by atoms with Crippen molar-refractivity contribution in [3.63, 3.8) is 0 Å². The van der Waals surface area contributed by atoms with Crippen LogP contribution in [0.25, 0.3) is 0 Å². The molecule has 19 heavy (non-hydrogen) atoms. The molecule has 3 N–H and O–H groups in total. The van der Waals surface area contributed by atoms with Gasteiger partial charge in [0.05, 0.1) is 0 Å². The highest BCUT2D eigenvalue weighted by molar-refractivity contribution is 6.04. The number of benzene rings is 2. The van der Waals surface area contributed by atoms with E-state index in [4.69, 9.17) is 5.11 Å². The van der Waals surface area contributed by atoms with Crippen molar-refractivity contribution in [3.05, 3.63) is 53.3 Å². The molecule has 0 aliphatic rings. The van der Waals surface area contributed by atoms with E-state index in [9.17, 15) is 14.3 Å². The Hall–Kier alpha value is -2.56. The van der Waals surface area contributed by atoms with Crippen molar-refractivity contribution < 1.29 is 19.4 Å². The molecule has 0 atom stereocenters. The van der Waals surface area contributed by atoms with E-state index in [2.05, 4.69) is 5.32 Å². The molecule has 0 unspecified atom stereocenters. The van der Waals surface area contributed by atoms with Gasteiger partial charge in [0, 0.05) is 17.3 Å². The minimum Gasteiger partial charge on any atom is -0.508 e. The fourth-order valence-corrected chi connectivity index (χ4v) is 1.58. The van der Waals surface area contributed by atoms with Crippen LogP contribution in [-0.4, -0.2) is 16.1 Å². The third-order valence-corrected chi connectivity index (χ3v) is 2.66. The summed E-state index contributed by atoms with van der Waals surface area (Å²) in [6, 6.07) is 7.99. The molecule has 2 rings (SSSR count). The molecule has 0 heterocycles. The fraction of sp³-hybridized carbons (Fsp3) is 0.0714. The summed E-state index contributed by atoms with van der Waals surface area (Å²) in [7, 11) is 0. The number of hydrogen-bond acceptors (Lipinski definition) is 3. The molecule has 4 nitrogen and oxygen atoms in total. The van der Waals surface area contributed by atoms with Gasteiger partial charge < -0.3 is 15.5 Å². The molecule has 2 aromatic carbocycles. The van der Waals surface area contributed by atoms with Crippen molar-refractivity contribution in [2.75, 3.05) is 5.32 Å². The van der Waals surface area contributed by atoms with Crippen molar-refractivity contribution in [1.82, 2.24) is 0 Å². The van der Waals surface area contributed by atoms with Gasteiger partial charge in [-0.1, -0.05) is 0 Å². The van der Waals surface area contributed by atoms with E-state index in [1.165, 1.54) is 24.3 Å². The maximum atomic E-state index is 13.1. The zero-order chi connectivity index (χ0) is 14.0. The van der Waals surface area contributed by atoms with E-state index < -0.39 is 17.5 Å². The first-order valence-electron chi connectivity index (χ1n) is 5.57. The standard InChI is InChI=1S/C14H12FNO3/c1-8-6-9(2-4-12(8)17)14(19)16-10-3-5-13(18)11(15)7-10/h2-7,17-18H,1H3,(H,16,19). The van der Waals surface area contributed by atoms with Crippen LogP contribution in [0, 0.1) is 12.7 Å². The van der Waals surface area contributed by atoms with Gasteiger partial charge in [-0.3, -0.25) is 4.79 Å². The average Bonchev–Trinajstić information content (AvgIpc) is 2.37. The Balaban J connectivity index is 2.20. The normalized spacial score (nSPS) is 10.2. The zero-order valence-corrected chi connectivity index (χ0v) is 10.1. The largest absolute Gasteiger partial charge is 0.508 e. The third-order valence-electron chi connectivity index (χ3n) is 2.66. The number of phenols is 2. The van der Waals surface area contributed by atoms with Crippen molar-refractivity contribution in [3.8, 4) is 11.5 Å². The van der Waals surface area contributed by atoms with E-state index in [1.807, 2.05) is 0 Å². The Labute approximate surface area is 109 Å². The number of anilines is 1. The van der Waals surface area contributed by atoms with Crippen molar-refractivity contribution >= 4 is 11.6 Å². The van der Waals surface area contributed by atoms with Crippen molar-refractivity contribution in [2.45, 2.75) is 6.92 Å². The Kier molecular flexibility index (Phi) is 3.37. The number of phenolic OH excluding ortho intramolecular Hbond substituents is 2. The lowest BCUT2D eigenvalue weighted by molar-refractivity contribution is 0.102. The maximum Gasteiger partial charge on any atom is 0.255 e. The molecule has 5 heteroatoms. The molecule has 0 spiro atoms. The molecule has 0 aliphatic carbocycles. The molecular formula is C14H12FNO3. The molecular weight excluding hydrogens is 249 g/mol. The predicted molar refractivity (Wildman–Crippen MR) is 68.9 cm³/mol. The van der Waals surface area contributed by atoms with Crippen LogP contribution in [0.2, 0.25) is 0 Å². The Bertz CT molecular complexity index is 641. The SMILES string of the molecule is Cc1cc(C(=O)Nc2ccc(O)c(F)c2)ccc1O. The van der Waals surface area contributed by atoms with Crippen LogP contribution in [0.5, 0.6) is 11.5 Å². The number of aryl methyl sites for hydroxylation is 1. The topological polar surface area (TPSA) is 69.6 Å². The molecule has 0 aliphatic heterocycles. The fourth-order valence-electron chi connectivity index (χ4n) is 1.58. The van der Waals surface area contributed by atoms with Gasteiger partial charge in [-0.25, -0.2) is 4.39 Å². The lowest BCUT2D eigenvalue weighted by atomic mass is 10.1. The molecule has 0 fully saturated rings. The summed E-state index contributed by atoms with van der Waals surface area (Å²) in [4.78, 5) is 11.9. The van der Waals surface area contributed by atoms with E-state index in [0.717, 1.165) is 12.1 Å². The number of halogens is 1. The van der Waals surface area contributed by atoms with Crippen LogP contribution in [0.3, 0.4) is 0 Å². The number of carbonyl (C=O) groups excluding carboxylic acids is 1. The second kappa shape index (κ2) is 4.97. The number of carbonyl (C=O) groups is 1. The van der Waals surface area contributed by atoms with Gasteiger partial charge in [-0.05, 0) is 42.8 Å². The summed E-state index contributed by atoms with van der Waals surface area (Å²) < 4.78 is 13.1. The van der Waals surface area contributed by atoms with Crippen LogP contribution in [0.4, 0.5) is 10.1 Å². The summed E-state index contributed by atoms with van der Waals surface area (Å²) in [5.74, 6) is -1.60. The molecule has 0 saturated carbocycles. The van der Waals surface area contributed by atoms with Gasteiger partial charge in [0.25, 0.3) is 5.91 Å². The highest BCUT2D eigenvalue weighted by Crippen LogP contribution is 2.21. The lowest BCUT2D eigenvalue weighted by Crippen LogP contribution is -2.12. The number of rotatable bonds is 2. The summed E-state index contributed by atoms with van der Waals surface area (Å²) in [5.41, 5.74) is 1.17. The van der Waals surface area contributed by atoms with Gasteiger partial charge >= 0.3 is 0 Å².